The molecule has 1 aromatic heterocycles. The molecule has 0 spiro atoms. The van der Waals surface area contributed by atoms with Crippen LogP contribution in [0.25, 0.3) is 0 Å². The van der Waals surface area contributed by atoms with Gasteiger partial charge in [0.2, 0.25) is 5.60 Å². The average Bonchev–Trinajstić information content (AvgIpc) is 3.12. The minimum atomic E-state index is -1.01. The SMILES string of the molecule is CC(C)(C)C1=NOC2(C(=O)O/N=C/c3ccco3)CCCC12. The summed E-state index contributed by atoms with van der Waals surface area (Å²) in [5, 5.41) is 7.89. The van der Waals surface area contributed by atoms with E-state index in [0.29, 0.717) is 12.2 Å². The van der Waals surface area contributed by atoms with Crippen LogP contribution in [0.5, 0.6) is 0 Å². The third-order valence-corrected chi connectivity index (χ3v) is 4.21. The van der Waals surface area contributed by atoms with E-state index < -0.39 is 11.6 Å². The summed E-state index contributed by atoms with van der Waals surface area (Å²) in [6.07, 6.45) is 5.29. The molecule has 118 valence electrons. The van der Waals surface area contributed by atoms with E-state index in [-0.39, 0.29) is 11.3 Å². The van der Waals surface area contributed by atoms with E-state index in [4.69, 9.17) is 14.1 Å². The molecule has 0 radical (unpaired) electrons. The monoisotopic (exact) mass is 304 g/mol. The Kier molecular flexibility index (Phi) is 3.54. The van der Waals surface area contributed by atoms with Crippen molar-refractivity contribution in [1.82, 2.24) is 0 Å². The molecule has 0 amide bonds. The quantitative estimate of drug-likeness (QED) is 0.488. The molecular weight excluding hydrogens is 284 g/mol. The van der Waals surface area contributed by atoms with Gasteiger partial charge in [-0.3, -0.25) is 0 Å². The number of carbonyl (C=O) groups excluding carboxylic acids is 1. The second-order valence-corrected chi connectivity index (χ2v) is 6.78. The van der Waals surface area contributed by atoms with E-state index in [1.165, 1.54) is 12.5 Å². The lowest BCUT2D eigenvalue weighted by atomic mass is 9.76. The summed E-state index contributed by atoms with van der Waals surface area (Å²) in [7, 11) is 0. The second kappa shape index (κ2) is 5.26. The molecular formula is C16H20N2O4. The third kappa shape index (κ3) is 2.42. The summed E-state index contributed by atoms with van der Waals surface area (Å²) < 4.78 is 5.09. The fraction of sp³-hybridized carbons (Fsp3) is 0.562. The van der Waals surface area contributed by atoms with Gasteiger partial charge in [0.25, 0.3) is 0 Å². The molecule has 2 atom stereocenters. The minimum absolute atomic E-state index is 0.0289. The first-order valence-electron chi connectivity index (χ1n) is 7.48. The van der Waals surface area contributed by atoms with Gasteiger partial charge in [0.15, 0.2) is 0 Å². The van der Waals surface area contributed by atoms with Crippen molar-refractivity contribution < 1.29 is 18.9 Å². The highest BCUT2D eigenvalue weighted by atomic mass is 16.7. The highest BCUT2D eigenvalue weighted by Gasteiger charge is 2.60. The summed E-state index contributed by atoms with van der Waals surface area (Å²) in [6, 6.07) is 3.46. The molecule has 0 bridgehead atoms. The Hall–Kier alpha value is -2.11. The Bertz CT molecular complexity index is 613. The fourth-order valence-corrected chi connectivity index (χ4v) is 3.15. The van der Waals surface area contributed by atoms with Gasteiger partial charge in [0.1, 0.15) is 12.0 Å². The predicted molar refractivity (Wildman–Crippen MR) is 80.4 cm³/mol. The Balaban J connectivity index is 1.72. The lowest BCUT2D eigenvalue weighted by Crippen LogP contribution is -2.45. The number of carbonyl (C=O) groups is 1. The van der Waals surface area contributed by atoms with E-state index in [0.717, 1.165) is 18.6 Å². The van der Waals surface area contributed by atoms with Crippen molar-refractivity contribution in [3.8, 4) is 0 Å². The number of hydrogen-bond acceptors (Lipinski definition) is 6. The van der Waals surface area contributed by atoms with Crippen molar-refractivity contribution in [2.45, 2.75) is 45.6 Å². The number of rotatable bonds is 3. The van der Waals surface area contributed by atoms with Crippen LogP contribution in [-0.4, -0.2) is 23.5 Å². The van der Waals surface area contributed by atoms with E-state index in [1.807, 2.05) is 0 Å². The number of furan rings is 1. The Morgan fingerprint density at radius 1 is 1.55 bits per heavy atom. The van der Waals surface area contributed by atoms with Crippen LogP contribution in [-0.2, 0) is 14.5 Å². The van der Waals surface area contributed by atoms with Crippen LogP contribution < -0.4 is 0 Å². The highest BCUT2D eigenvalue weighted by Crippen LogP contribution is 2.48. The summed E-state index contributed by atoms with van der Waals surface area (Å²) >= 11 is 0. The largest absolute Gasteiger partial charge is 0.463 e. The molecule has 1 aliphatic heterocycles. The van der Waals surface area contributed by atoms with Gasteiger partial charge in [0.05, 0.1) is 17.9 Å². The number of oxime groups is 2. The van der Waals surface area contributed by atoms with Gasteiger partial charge in [-0.1, -0.05) is 31.1 Å². The van der Waals surface area contributed by atoms with E-state index >= 15 is 0 Å². The minimum Gasteiger partial charge on any atom is -0.463 e. The average molecular weight is 304 g/mol. The molecule has 1 aromatic rings. The molecule has 1 aliphatic carbocycles. The van der Waals surface area contributed by atoms with Gasteiger partial charge in [-0.25, -0.2) is 4.79 Å². The van der Waals surface area contributed by atoms with Gasteiger partial charge in [0, 0.05) is 11.8 Å². The van der Waals surface area contributed by atoms with Crippen LogP contribution in [0.2, 0.25) is 0 Å². The third-order valence-electron chi connectivity index (χ3n) is 4.21. The zero-order valence-corrected chi connectivity index (χ0v) is 13.0. The molecule has 1 fully saturated rings. The fourth-order valence-electron chi connectivity index (χ4n) is 3.15. The van der Waals surface area contributed by atoms with Crippen molar-refractivity contribution in [3.05, 3.63) is 24.2 Å². The summed E-state index contributed by atoms with van der Waals surface area (Å²) in [5.41, 5.74) is -0.214. The molecule has 0 saturated heterocycles. The van der Waals surface area contributed by atoms with Crippen molar-refractivity contribution in [2.75, 3.05) is 0 Å². The lowest BCUT2D eigenvalue weighted by Gasteiger charge is -2.26. The van der Waals surface area contributed by atoms with Gasteiger partial charge in [-0.2, -0.15) is 0 Å². The van der Waals surface area contributed by atoms with Gasteiger partial charge < -0.3 is 14.1 Å². The Morgan fingerprint density at radius 2 is 2.36 bits per heavy atom. The van der Waals surface area contributed by atoms with Crippen molar-refractivity contribution in [1.29, 1.82) is 0 Å². The normalized spacial score (nSPS) is 27.6. The molecule has 2 heterocycles. The molecule has 1 saturated carbocycles. The molecule has 6 nitrogen and oxygen atoms in total. The van der Waals surface area contributed by atoms with Gasteiger partial charge >= 0.3 is 5.97 Å². The Morgan fingerprint density at radius 3 is 3.05 bits per heavy atom. The molecule has 0 aromatic carbocycles. The number of fused-ring (bicyclic) bond motifs is 1. The molecule has 3 rings (SSSR count). The summed E-state index contributed by atoms with van der Waals surface area (Å²) in [6.45, 7) is 6.22. The van der Waals surface area contributed by atoms with E-state index in [2.05, 4.69) is 31.1 Å². The number of nitrogens with zero attached hydrogens (tertiary/aromatic N) is 2. The molecule has 22 heavy (non-hydrogen) atoms. The lowest BCUT2D eigenvalue weighted by molar-refractivity contribution is -0.171. The van der Waals surface area contributed by atoms with Crippen molar-refractivity contribution >= 4 is 17.9 Å². The van der Waals surface area contributed by atoms with Crippen LogP contribution in [0.4, 0.5) is 0 Å². The Labute approximate surface area is 129 Å². The van der Waals surface area contributed by atoms with E-state index in [1.54, 1.807) is 12.1 Å². The van der Waals surface area contributed by atoms with Crippen LogP contribution in [0.3, 0.4) is 0 Å². The van der Waals surface area contributed by atoms with Gasteiger partial charge in [-0.05, 0) is 25.0 Å². The molecule has 0 N–H and O–H groups in total. The second-order valence-electron chi connectivity index (χ2n) is 6.78. The number of hydrogen-bond donors (Lipinski definition) is 0. The summed E-state index contributed by atoms with van der Waals surface area (Å²) in [5.74, 6) is 0.00635. The molecule has 2 aliphatic rings. The first kappa shape index (κ1) is 14.8. The zero-order chi connectivity index (χ0) is 15.8. The van der Waals surface area contributed by atoms with Gasteiger partial charge in [-0.15, -0.1) is 0 Å². The smallest absolute Gasteiger partial charge is 0.381 e. The maximum Gasteiger partial charge on any atom is 0.381 e. The molecule has 2 unspecified atom stereocenters. The van der Waals surface area contributed by atoms with Crippen LogP contribution in [0.15, 0.2) is 33.1 Å². The summed E-state index contributed by atoms with van der Waals surface area (Å²) in [4.78, 5) is 23.1. The molecule has 6 heteroatoms. The van der Waals surface area contributed by atoms with Crippen LogP contribution in [0, 0.1) is 11.3 Å². The van der Waals surface area contributed by atoms with E-state index in [9.17, 15) is 4.79 Å². The predicted octanol–water partition coefficient (Wildman–Crippen LogP) is 3.13. The maximum absolute atomic E-state index is 12.5. The highest BCUT2D eigenvalue weighted by molar-refractivity contribution is 5.99. The van der Waals surface area contributed by atoms with Crippen LogP contribution in [0.1, 0.15) is 45.8 Å². The van der Waals surface area contributed by atoms with Crippen molar-refractivity contribution in [3.63, 3.8) is 0 Å². The maximum atomic E-state index is 12.5. The first-order valence-corrected chi connectivity index (χ1v) is 7.48. The van der Waals surface area contributed by atoms with Crippen molar-refractivity contribution in [2.24, 2.45) is 21.6 Å². The first-order chi connectivity index (χ1) is 10.4. The van der Waals surface area contributed by atoms with Crippen LogP contribution >= 0.6 is 0 Å². The topological polar surface area (TPSA) is 73.4 Å². The standard InChI is InChI=1S/C16H20N2O4/c1-15(2,3)13-12-7-4-8-16(12,22-18-13)14(19)21-17-10-11-6-5-9-20-11/h5-6,9-10,12H,4,7-8H2,1-3H3/b17-10+. The zero-order valence-electron chi connectivity index (χ0n) is 13.0.